The van der Waals surface area contributed by atoms with Crippen LogP contribution in [-0.4, -0.2) is 27.4 Å². The van der Waals surface area contributed by atoms with Crippen molar-refractivity contribution in [1.29, 1.82) is 0 Å². The fraction of sp³-hybridized carbons (Fsp3) is 0.0556. The molecular weight excluding hydrogens is 304 g/mol. The van der Waals surface area contributed by atoms with Gasteiger partial charge in [0.05, 0.1) is 11.9 Å². The van der Waals surface area contributed by atoms with Crippen molar-refractivity contribution in [1.82, 2.24) is 15.6 Å². The molecular formula is C18H16N4O2. The zero-order valence-corrected chi connectivity index (χ0v) is 13.0. The van der Waals surface area contributed by atoms with Crippen molar-refractivity contribution in [2.45, 2.75) is 6.92 Å². The molecule has 3 N–H and O–H groups in total. The summed E-state index contributed by atoms with van der Waals surface area (Å²) in [6, 6.07) is 16.4. The Balaban J connectivity index is 1.67. The summed E-state index contributed by atoms with van der Waals surface area (Å²) >= 11 is 0. The Morgan fingerprint density at radius 3 is 2.75 bits per heavy atom. The van der Waals surface area contributed by atoms with Crippen LogP contribution in [0.2, 0.25) is 0 Å². The minimum Gasteiger partial charge on any atom is -0.507 e. The van der Waals surface area contributed by atoms with Crippen molar-refractivity contribution in [3.8, 4) is 17.0 Å². The molecule has 0 bridgehead atoms. The number of aromatic hydroxyl groups is 1. The highest BCUT2D eigenvalue weighted by Crippen LogP contribution is 2.17. The number of phenolic OH excluding ortho intramolecular Hbond substituents is 1. The van der Waals surface area contributed by atoms with Gasteiger partial charge in [-0.3, -0.25) is 9.89 Å². The van der Waals surface area contributed by atoms with E-state index in [0.717, 1.165) is 11.1 Å². The monoisotopic (exact) mass is 320 g/mol. The number of aromatic amines is 1. The normalized spacial score (nSPS) is 10.9. The summed E-state index contributed by atoms with van der Waals surface area (Å²) in [6.07, 6.45) is 1.39. The molecule has 1 heterocycles. The standard InChI is InChI=1S/C18H16N4O2/c1-12-7-8-14(17(23)9-12)11-19-22-18(24)16-10-15(20-21-16)13-5-3-2-4-6-13/h2-11,23H,1H3,(H,20,21)(H,22,24)/b19-11-. The van der Waals surface area contributed by atoms with Crippen LogP contribution in [0.4, 0.5) is 0 Å². The van der Waals surface area contributed by atoms with Gasteiger partial charge in [0.1, 0.15) is 11.4 Å². The van der Waals surface area contributed by atoms with Crippen LogP contribution < -0.4 is 5.43 Å². The van der Waals surface area contributed by atoms with Crippen LogP contribution >= 0.6 is 0 Å². The van der Waals surface area contributed by atoms with Gasteiger partial charge >= 0.3 is 0 Å². The van der Waals surface area contributed by atoms with Crippen LogP contribution in [0.15, 0.2) is 59.7 Å². The first-order valence-electron chi connectivity index (χ1n) is 7.37. The highest BCUT2D eigenvalue weighted by molar-refractivity contribution is 5.94. The molecule has 120 valence electrons. The molecule has 0 aliphatic carbocycles. The largest absolute Gasteiger partial charge is 0.507 e. The molecule has 2 aromatic carbocycles. The lowest BCUT2D eigenvalue weighted by molar-refractivity contribution is 0.0950. The molecule has 0 unspecified atom stereocenters. The highest BCUT2D eigenvalue weighted by Gasteiger charge is 2.10. The molecule has 0 radical (unpaired) electrons. The number of H-pyrrole nitrogens is 1. The van der Waals surface area contributed by atoms with Gasteiger partial charge in [0.25, 0.3) is 5.91 Å². The third-order valence-corrected chi connectivity index (χ3v) is 3.45. The molecule has 6 nitrogen and oxygen atoms in total. The molecule has 0 fully saturated rings. The molecule has 1 amide bonds. The number of rotatable bonds is 4. The van der Waals surface area contributed by atoms with E-state index in [2.05, 4.69) is 20.7 Å². The number of nitrogens with zero attached hydrogens (tertiary/aromatic N) is 2. The number of hydrazone groups is 1. The first-order chi connectivity index (χ1) is 11.6. The van der Waals surface area contributed by atoms with Crippen molar-refractivity contribution in [3.05, 3.63) is 71.4 Å². The van der Waals surface area contributed by atoms with Crippen LogP contribution in [-0.2, 0) is 0 Å². The van der Waals surface area contributed by atoms with Crippen molar-refractivity contribution >= 4 is 12.1 Å². The Morgan fingerprint density at radius 2 is 2.00 bits per heavy atom. The summed E-state index contributed by atoms with van der Waals surface area (Å²) in [5.41, 5.74) is 5.77. The Kier molecular flexibility index (Phi) is 4.38. The third-order valence-electron chi connectivity index (χ3n) is 3.45. The first-order valence-corrected chi connectivity index (χ1v) is 7.37. The molecule has 0 aliphatic rings. The van der Waals surface area contributed by atoms with Gasteiger partial charge < -0.3 is 5.11 Å². The smallest absolute Gasteiger partial charge is 0.289 e. The van der Waals surface area contributed by atoms with Crippen LogP contribution in [0, 0.1) is 6.92 Å². The summed E-state index contributed by atoms with van der Waals surface area (Å²) in [5.74, 6) is -0.298. The first kappa shape index (κ1) is 15.5. The number of aryl methyl sites for hydroxylation is 1. The number of amides is 1. The number of hydrogen-bond donors (Lipinski definition) is 3. The quantitative estimate of drug-likeness (QED) is 0.510. The fourth-order valence-electron chi connectivity index (χ4n) is 2.18. The summed E-state index contributed by atoms with van der Waals surface area (Å²) in [5, 5.41) is 20.4. The number of carbonyl (C=O) groups is 1. The number of nitrogens with one attached hydrogen (secondary N) is 2. The number of aromatic nitrogens is 2. The SMILES string of the molecule is Cc1ccc(/C=N\NC(=O)c2cc(-c3ccccc3)n[nH]2)c(O)c1. The molecule has 0 atom stereocenters. The van der Waals surface area contributed by atoms with Gasteiger partial charge in [-0.25, -0.2) is 5.43 Å². The van der Waals surface area contributed by atoms with E-state index in [9.17, 15) is 9.90 Å². The van der Waals surface area contributed by atoms with E-state index in [1.165, 1.54) is 6.21 Å². The topological polar surface area (TPSA) is 90.4 Å². The van der Waals surface area contributed by atoms with E-state index < -0.39 is 5.91 Å². The van der Waals surface area contributed by atoms with Crippen LogP contribution in [0.25, 0.3) is 11.3 Å². The fourth-order valence-corrected chi connectivity index (χ4v) is 2.18. The molecule has 6 heteroatoms. The maximum atomic E-state index is 12.1. The zero-order valence-electron chi connectivity index (χ0n) is 13.0. The molecule has 0 saturated carbocycles. The average Bonchev–Trinajstić information content (AvgIpc) is 3.08. The number of benzene rings is 2. The maximum absolute atomic E-state index is 12.1. The van der Waals surface area contributed by atoms with Crippen molar-refractivity contribution < 1.29 is 9.90 Å². The Labute approximate surface area is 138 Å². The van der Waals surface area contributed by atoms with Gasteiger partial charge in [-0.15, -0.1) is 0 Å². The average molecular weight is 320 g/mol. The molecule has 24 heavy (non-hydrogen) atoms. The summed E-state index contributed by atoms with van der Waals surface area (Å²) in [7, 11) is 0. The van der Waals surface area contributed by atoms with E-state index in [0.29, 0.717) is 17.0 Å². The van der Waals surface area contributed by atoms with E-state index in [1.807, 2.05) is 43.3 Å². The number of hydrogen-bond acceptors (Lipinski definition) is 4. The molecule has 3 aromatic rings. The second-order valence-electron chi connectivity index (χ2n) is 5.29. The van der Waals surface area contributed by atoms with E-state index in [1.54, 1.807) is 18.2 Å². The number of carbonyl (C=O) groups excluding carboxylic acids is 1. The van der Waals surface area contributed by atoms with Crippen molar-refractivity contribution in [3.63, 3.8) is 0 Å². The summed E-state index contributed by atoms with van der Waals surface area (Å²) in [4.78, 5) is 12.1. The van der Waals surface area contributed by atoms with E-state index in [4.69, 9.17) is 0 Å². The van der Waals surface area contributed by atoms with Crippen LogP contribution in [0.1, 0.15) is 21.6 Å². The van der Waals surface area contributed by atoms with Gasteiger partial charge in [-0.05, 0) is 30.7 Å². The van der Waals surface area contributed by atoms with Gasteiger partial charge in [0.15, 0.2) is 0 Å². The van der Waals surface area contributed by atoms with Gasteiger partial charge in [-0.2, -0.15) is 10.2 Å². The second-order valence-corrected chi connectivity index (χ2v) is 5.29. The summed E-state index contributed by atoms with van der Waals surface area (Å²) in [6.45, 7) is 1.88. The minimum atomic E-state index is -0.410. The van der Waals surface area contributed by atoms with E-state index in [-0.39, 0.29) is 5.75 Å². The summed E-state index contributed by atoms with van der Waals surface area (Å²) < 4.78 is 0. The Bertz CT molecular complexity index is 885. The molecule has 0 spiro atoms. The van der Waals surface area contributed by atoms with Crippen LogP contribution in [0.3, 0.4) is 0 Å². The predicted molar refractivity (Wildman–Crippen MR) is 91.9 cm³/mol. The lowest BCUT2D eigenvalue weighted by Gasteiger charge is -2.00. The van der Waals surface area contributed by atoms with Gasteiger partial charge in [0, 0.05) is 11.1 Å². The van der Waals surface area contributed by atoms with Gasteiger partial charge in [0.2, 0.25) is 0 Å². The molecule has 3 rings (SSSR count). The second kappa shape index (κ2) is 6.78. The minimum absolute atomic E-state index is 0.112. The van der Waals surface area contributed by atoms with E-state index >= 15 is 0 Å². The molecule has 0 aliphatic heterocycles. The van der Waals surface area contributed by atoms with Gasteiger partial charge in [-0.1, -0.05) is 36.4 Å². The highest BCUT2D eigenvalue weighted by atomic mass is 16.3. The molecule has 1 aromatic heterocycles. The maximum Gasteiger partial charge on any atom is 0.289 e. The lowest BCUT2D eigenvalue weighted by atomic mass is 10.1. The number of phenols is 1. The predicted octanol–water partition coefficient (Wildman–Crippen LogP) is 2.85. The van der Waals surface area contributed by atoms with Crippen molar-refractivity contribution in [2.24, 2.45) is 5.10 Å². The molecule has 0 saturated heterocycles. The third kappa shape index (κ3) is 3.49. The van der Waals surface area contributed by atoms with Crippen molar-refractivity contribution in [2.75, 3.05) is 0 Å². The van der Waals surface area contributed by atoms with Crippen LogP contribution in [0.5, 0.6) is 5.75 Å². The zero-order chi connectivity index (χ0) is 16.9. The lowest BCUT2D eigenvalue weighted by Crippen LogP contribution is -2.18. The Morgan fingerprint density at radius 1 is 1.21 bits per heavy atom. The Hall–Kier alpha value is -3.41.